The largest absolute Gasteiger partial charge is 0.309 e. The molecule has 0 atom stereocenters. The fourth-order valence-electron chi connectivity index (χ4n) is 3.39. The molecule has 4 rings (SSSR count). The molecular formula is C20H18N2. The summed E-state index contributed by atoms with van der Waals surface area (Å²) in [5, 5.41) is 9.05. The number of nitrogens with one attached hydrogen (secondary N) is 1. The van der Waals surface area contributed by atoms with Crippen LogP contribution < -0.4 is 0 Å². The fraction of sp³-hybridized carbons (Fsp3) is 0.150. The van der Waals surface area contributed by atoms with Crippen molar-refractivity contribution in [2.24, 2.45) is 0 Å². The van der Waals surface area contributed by atoms with Crippen molar-refractivity contribution < 1.29 is 0 Å². The molecule has 22 heavy (non-hydrogen) atoms. The second-order valence-corrected chi connectivity index (χ2v) is 5.86. The Morgan fingerprint density at radius 3 is 2.68 bits per heavy atom. The third-order valence-electron chi connectivity index (χ3n) is 4.45. The summed E-state index contributed by atoms with van der Waals surface area (Å²) in [6.45, 7) is 2.11. The monoisotopic (exact) mass is 286 g/mol. The molecule has 2 heteroatoms. The van der Waals surface area contributed by atoms with Gasteiger partial charge in [-0.1, -0.05) is 42.0 Å². The lowest BCUT2D eigenvalue weighted by Gasteiger charge is -2.12. The molecule has 1 N–H and O–H groups in total. The van der Waals surface area contributed by atoms with Crippen molar-refractivity contribution in [2.45, 2.75) is 19.8 Å². The highest BCUT2D eigenvalue weighted by atomic mass is 15.0. The molecule has 0 aliphatic heterocycles. The topological polar surface area (TPSA) is 28.8 Å². The number of allylic oxidation sites excluding steroid dienone is 1. The average molecular weight is 286 g/mol. The van der Waals surface area contributed by atoms with Gasteiger partial charge < -0.3 is 9.98 Å². The lowest BCUT2D eigenvalue weighted by molar-refractivity contribution is 0.967. The Hall–Kier alpha value is -2.61. The Kier molecular flexibility index (Phi) is 2.97. The molecule has 0 bridgehead atoms. The Balaban J connectivity index is 2.14. The Morgan fingerprint density at radius 2 is 1.91 bits per heavy atom. The van der Waals surface area contributed by atoms with Gasteiger partial charge in [0.15, 0.2) is 0 Å². The predicted molar refractivity (Wildman–Crippen MR) is 93.3 cm³/mol. The first-order chi connectivity index (χ1) is 10.8. The van der Waals surface area contributed by atoms with E-state index in [9.17, 15) is 0 Å². The maximum absolute atomic E-state index is 7.77. The Morgan fingerprint density at radius 1 is 1.09 bits per heavy atom. The second-order valence-electron chi connectivity index (χ2n) is 5.86. The third kappa shape index (κ3) is 1.84. The van der Waals surface area contributed by atoms with E-state index in [0.717, 1.165) is 29.6 Å². The highest BCUT2D eigenvalue weighted by molar-refractivity contribution is 6.01. The number of hydrogen-bond donors (Lipinski definition) is 1. The molecule has 0 amide bonds. The predicted octanol–water partition coefficient (Wildman–Crippen LogP) is 4.90. The zero-order chi connectivity index (χ0) is 15.1. The van der Waals surface area contributed by atoms with Crippen molar-refractivity contribution >= 4 is 23.2 Å². The van der Waals surface area contributed by atoms with Crippen LogP contribution in [-0.4, -0.2) is 10.8 Å². The van der Waals surface area contributed by atoms with E-state index in [1.165, 1.54) is 28.4 Å². The fourth-order valence-corrected chi connectivity index (χ4v) is 3.39. The normalized spacial score (nSPS) is 13.3. The maximum Gasteiger partial charge on any atom is 0.0625 e. The molecule has 0 unspecified atom stereocenters. The summed E-state index contributed by atoms with van der Waals surface area (Å²) in [5.74, 6) is 0. The molecule has 108 valence electrons. The van der Waals surface area contributed by atoms with Crippen LogP contribution in [0.15, 0.2) is 48.5 Å². The van der Waals surface area contributed by atoms with Crippen LogP contribution in [0.4, 0.5) is 0 Å². The maximum atomic E-state index is 7.77. The average Bonchev–Trinajstić information content (AvgIpc) is 2.90. The van der Waals surface area contributed by atoms with E-state index in [2.05, 4.69) is 60.0 Å². The van der Waals surface area contributed by atoms with Gasteiger partial charge in [0, 0.05) is 28.5 Å². The van der Waals surface area contributed by atoms with Crippen molar-refractivity contribution in [2.75, 3.05) is 0 Å². The lowest BCUT2D eigenvalue weighted by Crippen LogP contribution is -2.01. The zero-order valence-corrected chi connectivity index (χ0v) is 12.6. The molecule has 2 aromatic carbocycles. The van der Waals surface area contributed by atoms with E-state index in [0.29, 0.717) is 0 Å². The Labute approximate surface area is 130 Å². The van der Waals surface area contributed by atoms with Gasteiger partial charge in [0.1, 0.15) is 0 Å². The number of para-hydroxylation sites is 1. The molecule has 0 fully saturated rings. The van der Waals surface area contributed by atoms with Gasteiger partial charge in [0.25, 0.3) is 0 Å². The zero-order valence-electron chi connectivity index (χ0n) is 12.6. The van der Waals surface area contributed by atoms with Gasteiger partial charge in [-0.3, -0.25) is 0 Å². The van der Waals surface area contributed by atoms with Gasteiger partial charge in [-0.2, -0.15) is 0 Å². The summed E-state index contributed by atoms with van der Waals surface area (Å²) < 4.78 is 2.31. The first kappa shape index (κ1) is 13.1. The summed E-state index contributed by atoms with van der Waals surface area (Å²) in [6, 6.07) is 14.9. The van der Waals surface area contributed by atoms with Crippen molar-refractivity contribution in [1.82, 2.24) is 4.57 Å². The summed E-state index contributed by atoms with van der Waals surface area (Å²) in [7, 11) is 0. The number of nitrogens with zero attached hydrogens (tertiary/aromatic N) is 1. The van der Waals surface area contributed by atoms with Crippen molar-refractivity contribution in [3.8, 4) is 5.69 Å². The molecule has 1 aromatic heterocycles. The van der Waals surface area contributed by atoms with Gasteiger partial charge in [0.2, 0.25) is 0 Å². The van der Waals surface area contributed by atoms with Crippen LogP contribution >= 0.6 is 0 Å². The third-order valence-corrected chi connectivity index (χ3v) is 4.45. The summed E-state index contributed by atoms with van der Waals surface area (Å²) >= 11 is 0. The molecule has 1 heterocycles. The molecule has 1 aliphatic carbocycles. The second kappa shape index (κ2) is 4.99. The van der Waals surface area contributed by atoms with E-state index in [4.69, 9.17) is 5.41 Å². The minimum absolute atomic E-state index is 0.973. The molecule has 0 radical (unpaired) electrons. The van der Waals surface area contributed by atoms with Crippen LogP contribution in [0.1, 0.15) is 28.8 Å². The first-order valence-electron chi connectivity index (χ1n) is 7.70. The summed E-state index contributed by atoms with van der Waals surface area (Å²) in [6.07, 6.45) is 8.10. The van der Waals surface area contributed by atoms with Gasteiger partial charge in [-0.05, 0) is 43.5 Å². The number of fused-ring (bicyclic) bond motifs is 3. The number of aromatic nitrogens is 1. The van der Waals surface area contributed by atoms with Crippen LogP contribution in [0.3, 0.4) is 0 Å². The molecule has 0 spiro atoms. The van der Waals surface area contributed by atoms with Gasteiger partial charge in [-0.25, -0.2) is 0 Å². The summed E-state index contributed by atoms with van der Waals surface area (Å²) in [5.41, 5.74) is 7.22. The van der Waals surface area contributed by atoms with Crippen LogP contribution in [-0.2, 0) is 6.42 Å². The van der Waals surface area contributed by atoms with Crippen molar-refractivity contribution in [3.05, 3.63) is 70.9 Å². The van der Waals surface area contributed by atoms with Crippen molar-refractivity contribution in [3.63, 3.8) is 0 Å². The van der Waals surface area contributed by atoms with Crippen LogP contribution in [0.25, 0.3) is 22.7 Å². The molecule has 2 nitrogen and oxygen atoms in total. The van der Waals surface area contributed by atoms with Crippen LogP contribution in [0, 0.1) is 12.3 Å². The van der Waals surface area contributed by atoms with E-state index in [-0.39, 0.29) is 0 Å². The highest BCUT2D eigenvalue weighted by Crippen LogP contribution is 2.35. The van der Waals surface area contributed by atoms with Gasteiger partial charge in [-0.15, -0.1) is 0 Å². The Bertz CT molecular complexity index is 896. The molecule has 1 aliphatic rings. The molecule has 0 saturated carbocycles. The number of aryl methyl sites for hydroxylation is 2. The first-order valence-corrected chi connectivity index (χ1v) is 7.70. The smallest absolute Gasteiger partial charge is 0.0625 e. The van der Waals surface area contributed by atoms with Gasteiger partial charge >= 0.3 is 0 Å². The number of hydrogen-bond acceptors (Lipinski definition) is 1. The minimum Gasteiger partial charge on any atom is -0.309 e. The van der Waals surface area contributed by atoms with E-state index >= 15 is 0 Å². The van der Waals surface area contributed by atoms with Gasteiger partial charge in [0.05, 0.1) is 5.52 Å². The molecule has 0 saturated heterocycles. The SMILES string of the molecule is Cc1ccc(-n2c3c(c4cccc(C=N)c42)CCC=C3)cc1. The van der Waals surface area contributed by atoms with Crippen LogP contribution in [0.2, 0.25) is 0 Å². The lowest BCUT2D eigenvalue weighted by atomic mass is 10.00. The standard InChI is InChI=1S/C20H18N2/c1-14-9-11-16(12-10-14)22-19-8-3-2-6-17(19)18-7-4-5-15(13-21)20(18)22/h3-5,7-13,21H,2,6H2,1H3. The quantitative estimate of drug-likeness (QED) is 0.649. The summed E-state index contributed by atoms with van der Waals surface area (Å²) in [4.78, 5) is 0. The van der Waals surface area contributed by atoms with Crippen molar-refractivity contribution in [1.29, 1.82) is 5.41 Å². The van der Waals surface area contributed by atoms with Crippen LogP contribution in [0.5, 0.6) is 0 Å². The molecule has 3 aromatic rings. The number of benzene rings is 2. The number of rotatable bonds is 2. The molecular weight excluding hydrogens is 268 g/mol. The van der Waals surface area contributed by atoms with E-state index < -0.39 is 0 Å². The highest BCUT2D eigenvalue weighted by Gasteiger charge is 2.19. The van der Waals surface area contributed by atoms with E-state index in [1.807, 2.05) is 6.07 Å². The minimum atomic E-state index is 0.973. The van der Waals surface area contributed by atoms with E-state index in [1.54, 1.807) is 0 Å².